The minimum Gasteiger partial charge on any atom is -0.497 e. The molecular weight excluding hydrogens is 340 g/mol. The lowest BCUT2D eigenvalue weighted by molar-refractivity contribution is -0.933. The minimum absolute atomic E-state index is 0.0614. The van der Waals surface area contributed by atoms with Gasteiger partial charge in [0.2, 0.25) is 5.82 Å². The van der Waals surface area contributed by atoms with Crippen molar-refractivity contribution in [3.05, 3.63) is 30.1 Å². The number of nitrogens with one attached hydrogen (secondary N) is 1. The van der Waals surface area contributed by atoms with Gasteiger partial charge in [-0.3, -0.25) is 0 Å². The summed E-state index contributed by atoms with van der Waals surface area (Å²) < 4.78 is 7.41. The molecule has 0 unspecified atom stereocenters. The number of hydrogen-bond donors (Lipinski definition) is 1. The maximum Gasteiger partial charge on any atom is 0.209 e. The van der Waals surface area contributed by atoms with Crippen LogP contribution in [0.25, 0.3) is 0 Å². The number of methoxy groups -OCH3 is 1. The van der Waals surface area contributed by atoms with E-state index in [9.17, 15) is 0 Å². The van der Waals surface area contributed by atoms with Gasteiger partial charge in [0.1, 0.15) is 11.8 Å². The van der Waals surface area contributed by atoms with E-state index in [4.69, 9.17) is 4.74 Å². The topological polar surface area (TPSA) is 60.5 Å². The molecule has 0 radical (unpaired) electrons. The maximum absolute atomic E-state index is 5.37. The lowest BCUT2D eigenvalue weighted by atomic mass is 10.0. The van der Waals surface area contributed by atoms with E-state index in [0.29, 0.717) is 6.04 Å². The van der Waals surface area contributed by atoms with Gasteiger partial charge in [-0.15, -0.1) is 5.10 Å². The Morgan fingerprint density at radius 3 is 2.59 bits per heavy atom. The molecule has 1 aromatic carbocycles. The fourth-order valence-electron chi connectivity index (χ4n) is 3.85. The molecule has 1 aliphatic rings. The predicted octanol–water partition coefficient (Wildman–Crippen LogP) is 1.68. The highest BCUT2D eigenvalue weighted by Gasteiger charge is 2.34. The second-order valence-corrected chi connectivity index (χ2v) is 7.92. The highest BCUT2D eigenvalue weighted by molar-refractivity contribution is 5.50. The van der Waals surface area contributed by atoms with Gasteiger partial charge in [0.15, 0.2) is 0 Å². The Morgan fingerprint density at radius 2 is 1.96 bits per heavy atom. The van der Waals surface area contributed by atoms with Crippen molar-refractivity contribution in [2.45, 2.75) is 52.1 Å². The fourth-order valence-corrected chi connectivity index (χ4v) is 3.85. The highest BCUT2D eigenvalue weighted by atomic mass is 16.5. The third kappa shape index (κ3) is 4.08. The number of ether oxygens (including phenoxy) is 1. The number of rotatable bonds is 7. The van der Waals surface area contributed by atoms with Crippen molar-refractivity contribution in [3.63, 3.8) is 0 Å². The third-order valence-corrected chi connectivity index (χ3v) is 5.97. The maximum atomic E-state index is 5.37. The Kier molecular flexibility index (Phi) is 5.99. The van der Waals surface area contributed by atoms with Crippen LogP contribution in [0, 0.1) is 0 Å². The van der Waals surface area contributed by atoms with Gasteiger partial charge in [0, 0.05) is 18.2 Å². The van der Waals surface area contributed by atoms with E-state index >= 15 is 0 Å². The van der Waals surface area contributed by atoms with Crippen LogP contribution in [0.1, 0.15) is 52.4 Å². The van der Waals surface area contributed by atoms with Crippen molar-refractivity contribution < 1.29 is 9.64 Å². The van der Waals surface area contributed by atoms with E-state index in [1.54, 1.807) is 12.0 Å². The van der Waals surface area contributed by atoms with Crippen molar-refractivity contribution >= 4 is 5.69 Å². The van der Waals surface area contributed by atoms with E-state index in [1.165, 1.54) is 5.69 Å². The van der Waals surface area contributed by atoms with Gasteiger partial charge in [-0.2, -0.15) is 0 Å². The zero-order valence-electron chi connectivity index (χ0n) is 17.3. The van der Waals surface area contributed by atoms with Crippen LogP contribution in [-0.2, 0) is 5.54 Å². The number of nitrogens with zero attached hydrogens (tertiary/aromatic N) is 5. The Morgan fingerprint density at radius 1 is 1.22 bits per heavy atom. The normalized spacial score (nSPS) is 17.1. The van der Waals surface area contributed by atoms with Gasteiger partial charge in [-0.05, 0) is 42.8 Å². The van der Waals surface area contributed by atoms with Crippen LogP contribution in [0.2, 0.25) is 0 Å². The molecule has 1 aromatic heterocycles. The number of benzene rings is 1. The molecule has 1 saturated heterocycles. The van der Waals surface area contributed by atoms with E-state index in [0.717, 1.165) is 50.6 Å². The van der Waals surface area contributed by atoms with E-state index in [1.807, 2.05) is 10.7 Å². The van der Waals surface area contributed by atoms with Crippen LogP contribution < -0.4 is 14.5 Å². The quantitative estimate of drug-likeness (QED) is 0.800. The minimum atomic E-state index is -0.0614. The predicted molar refractivity (Wildman–Crippen MR) is 106 cm³/mol. The lowest BCUT2D eigenvalue weighted by Crippen LogP contribution is -3.15. The van der Waals surface area contributed by atoms with Gasteiger partial charge in [0.05, 0.1) is 38.8 Å². The van der Waals surface area contributed by atoms with Crippen LogP contribution >= 0.6 is 0 Å². The molecular formula is C20H33N6O+. The number of hydrogen-bond acceptors (Lipinski definition) is 5. The largest absolute Gasteiger partial charge is 0.497 e. The number of piperazine rings is 1. The highest BCUT2D eigenvalue weighted by Crippen LogP contribution is 2.23. The van der Waals surface area contributed by atoms with Gasteiger partial charge in [-0.1, -0.05) is 19.9 Å². The molecule has 2 aromatic rings. The Labute approximate surface area is 162 Å². The molecule has 7 heteroatoms. The summed E-state index contributed by atoms with van der Waals surface area (Å²) in [4.78, 5) is 4.01. The van der Waals surface area contributed by atoms with Crippen molar-refractivity contribution in [1.82, 2.24) is 20.2 Å². The zero-order chi connectivity index (χ0) is 19.4. The number of aromatic nitrogens is 4. The summed E-state index contributed by atoms with van der Waals surface area (Å²) in [6, 6.07) is 8.66. The van der Waals surface area contributed by atoms with Crippen LogP contribution in [0.15, 0.2) is 24.3 Å². The lowest BCUT2D eigenvalue weighted by Gasteiger charge is -2.37. The number of quaternary nitrogens is 1. The molecule has 0 saturated carbocycles. The molecule has 27 heavy (non-hydrogen) atoms. The summed E-state index contributed by atoms with van der Waals surface area (Å²) in [6.07, 6.45) is 2.04. The third-order valence-electron chi connectivity index (χ3n) is 5.97. The van der Waals surface area contributed by atoms with E-state index < -0.39 is 0 Å². The van der Waals surface area contributed by atoms with Gasteiger partial charge in [-0.25, -0.2) is 4.68 Å². The molecule has 148 valence electrons. The summed E-state index contributed by atoms with van der Waals surface area (Å²) in [7, 11) is 1.72. The Balaban J connectivity index is 1.72. The van der Waals surface area contributed by atoms with Gasteiger partial charge < -0.3 is 14.5 Å². The van der Waals surface area contributed by atoms with Crippen molar-refractivity contribution in [1.29, 1.82) is 0 Å². The molecule has 1 atom stereocenters. The number of tetrazole rings is 1. The number of anilines is 1. The molecule has 0 bridgehead atoms. The molecule has 1 fully saturated rings. The molecule has 2 heterocycles. The average Bonchev–Trinajstić information content (AvgIpc) is 3.19. The molecule has 0 aliphatic carbocycles. The van der Waals surface area contributed by atoms with Crippen LogP contribution in [0.4, 0.5) is 5.69 Å². The molecule has 1 N–H and O–H groups in total. The first-order valence-corrected chi connectivity index (χ1v) is 10.0. The molecule has 1 aliphatic heterocycles. The first-order valence-electron chi connectivity index (χ1n) is 10.0. The summed E-state index contributed by atoms with van der Waals surface area (Å²) in [6.45, 7) is 13.0. The van der Waals surface area contributed by atoms with Crippen LogP contribution in [-0.4, -0.2) is 53.5 Å². The second-order valence-electron chi connectivity index (χ2n) is 7.92. The fraction of sp³-hybridized carbons (Fsp3) is 0.650. The summed E-state index contributed by atoms with van der Waals surface area (Å²) in [5.74, 6) is 1.93. The molecule has 0 amide bonds. The first kappa shape index (κ1) is 19.6. The SMILES string of the molecule is CC[C@H](c1nnnn1C(C)(C)CC)[NH+]1CCN(c2cccc(OC)c2)CC1. The van der Waals surface area contributed by atoms with E-state index in [2.05, 4.69) is 66.3 Å². The Bertz CT molecular complexity index is 736. The smallest absolute Gasteiger partial charge is 0.209 e. The van der Waals surface area contributed by atoms with Gasteiger partial charge >= 0.3 is 0 Å². The monoisotopic (exact) mass is 373 g/mol. The zero-order valence-corrected chi connectivity index (χ0v) is 17.3. The molecule has 3 rings (SSSR count). The van der Waals surface area contributed by atoms with Crippen molar-refractivity contribution in [2.75, 3.05) is 38.2 Å². The first-order chi connectivity index (χ1) is 13.0. The van der Waals surface area contributed by atoms with Crippen molar-refractivity contribution in [3.8, 4) is 5.75 Å². The standard InChI is InChI=1S/C20H32N6O/c1-6-18(19-21-22-23-26(19)20(3,4)7-2)25-13-11-24(12-14-25)16-9-8-10-17(15-16)27-5/h8-10,15,18H,6-7,11-14H2,1-5H3/p+1/t18-/m1/s1. The van der Waals surface area contributed by atoms with Gasteiger partial charge in [0.25, 0.3) is 0 Å². The van der Waals surface area contributed by atoms with Crippen molar-refractivity contribution in [2.24, 2.45) is 0 Å². The van der Waals surface area contributed by atoms with E-state index in [-0.39, 0.29) is 5.54 Å². The average molecular weight is 374 g/mol. The van der Waals surface area contributed by atoms with Crippen LogP contribution in [0.5, 0.6) is 5.75 Å². The second kappa shape index (κ2) is 8.25. The molecule has 0 spiro atoms. The summed E-state index contributed by atoms with van der Waals surface area (Å²) in [5.41, 5.74) is 1.17. The molecule has 7 nitrogen and oxygen atoms in total. The summed E-state index contributed by atoms with van der Waals surface area (Å²) >= 11 is 0. The Hall–Kier alpha value is -2.15. The summed E-state index contributed by atoms with van der Waals surface area (Å²) in [5, 5.41) is 12.8. The van der Waals surface area contributed by atoms with Crippen LogP contribution in [0.3, 0.4) is 0 Å².